The maximum absolute atomic E-state index is 12.6. The van der Waals surface area contributed by atoms with Gasteiger partial charge in [-0.1, -0.05) is 31.4 Å². The van der Waals surface area contributed by atoms with Crippen molar-refractivity contribution in [1.29, 1.82) is 0 Å². The number of sulfonamides is 1. The molecule has 1 saturated heterocycles. The van der Waals surface area contributed by atoms with Crippen molar-refractivity contribution in [3.05, 3.63) is 29.8 Å². The smallest absolute Gasteiger partial charge is 0.322 e. The van der Waals surface area contributed by atoms with Crippen LogP contribution < -0.4 is 15.5 Å². The Balaban J connectivity index is 1.37. The molecular weight excluding hydrogens is 398 g/mol. The van der Waals surface area contributed by atoms with E-state index >= 15 is 0 Å². The molecule has 1 saturated carbocycles. The third-order valence-electron chi connectivity index (χ3n) is 5.38. The number of urea groups is 1. The van der Waals surface area contributed by atoms with Crippen LogP contribution in [0.5, 0.6) is 0 Å². The van der Waals surface area contributed by atoms with E-state index in [1.54, 1.807) is 18.2 Å². The molecule has 0 aromatic heterocycles. The summed E-state index contributed by atoms with van der Waals surface area (Å²) in [6.07, 6.45) is 3.74. The fourth-order valence-corrected chi connectivity index (χ4v) is 5.17. The van der Waals surface area contributed by atoms with Crippen molar-refractivity contribution in [2.75, 3.05) is 6.54 Å². The Labute approximate surface area is 167 Å². The summed E-state index contributed by atoms with van der Waals surface area (Å²) in [5.74, 6) is -0.816. The summed E-state index contributed by atoms with van der Waals surface area (Å²) in [6, 6.07) is 5.79. The highest BCUT2D eigenvalue weighted by molar-refractivity contribution is 7.90. The van der Waals surface area contributed by atoms with E-state index in [2.05, 4.69) is 20.5 Å². The zero-order valence-corrected chi connectivity index (χ0v) is 16.4. The van der Waals surface area contributed by atoms with E-state index in [-0.39, 0.29) is 23.7 Å². The third-order valence-corrected chi connectivity index (χ3v) is 6.77. The van der Waals surface area contributed by atoms with Crippen LogP contribution in [0.2, 0.25) is 0 Å². The van der Waals surface area contributed by atoms with Gasteiger partial charge in [-0.15, -0.1) is 0 Å². The third kappa shape index (κ3) is 3.46. The van der Waals surface area contributed by atoms with Crippen LogP contribution in [0.4, 0.5) is 4.79 Å². The van der Waals surface area contributed by atoms with E-state index in [0.29, 0.717) is 18.4 Å². The van der Waals surface area contributed by atoms with Gasteiger partial charge in [-0.3, -0.25) is 24.7 Å². The van der Waals surface area contributed by atoms with Crippen LogP contribution in [0.1, 0.15) is 44.1 Å². The van der Waals surface area contributed by atoms with Crippen LogP contribution in [0, 0.1) is 0 Å². The lowest BCUT2D eigenvalue weighted by atomic mass is 9.82. The normalized spacial score (nSPS) is 23.0. The molecule has 2 heterocycles. The van der Waals surface area contributed by atoms with Crippen molar-refractivity contribution in [2.45, 2.75) is 49.0 Å². The molecule has 4 rings (SSSR count). The second kappa shape index (κ2) is 7.14. The second-order valence-corrected chi connectivity index (χ2v) is 8.98. The first-order chi connectivity index (χ1) is 13.8. The molecule has 154 valence electrons. The zero-order valence-electron chi connectivity index (χ0n) is 15.6. The number of carbonyl (C=O) groups is 3. The molecule has 0 atom stereocenters. The Kier molecular flexibility index (Phi) is 4.77. The Morgan fingerprint density at radius 2 is 1.90 bits per heavy atom. The molecule has 0 bridgehead atoms. The van der Waals surface area contributed by atoms with Crippen molar-refractivity contribution in [3.63, 3.8) is 0 Å². The summed E-state index contributed by atoms with van der Waals surface area (Å²) in [5, 5.41) is 3.46. The highest BCUT2D eigenvalue weighted by Gasteiger charge is 2.52. The number of fused-ring (bicyclic) bond motifs is 1. The van der Waals surface area contributed by atoms with E-state index in [4.69, 9.17) is 0 Å². The van der Waals surface area contributed by atoms with E-state index in [1.165, 1.54) is 6.07 Å². The molecule has 11 heteroatoms. The van der Waals surface area contributed by atoms with Crippen LogP contribution in [-0.2, 0) is 19.6 Å². The van der Waals surface area contributed by atoms with Crippen LogP contribution in [0.3, 0.4) is 0 Å². The van der Waals surface area contributed by atoms with Crippen LogP contribution in [0.25, 0.3) is 0 Å². The first kappa shape index (κ1) is 19.4. The number of rotatable bonds is 4. The van der Waals surface area contributed by atoms with Crippen LogP contribution in [0.15, 0.2) is 34.2 Å². The number of hydrogen-bond donors (Lipinski definition) is 3. The van der Waals surface area contributed by atoms with E-state index in [0.717, 1.165) is 24.3 Å². The van der Waals surface area contributed by atoms with Gasteiger partial charge in [0.1, 0.15) is 11.4 Å². The number of amides is 4. The number of nitrogens with zero attached hydrogens (tertiary/aromatic N) is 2. The van der Waals surface area contributed by atoms with Gasteiger partial charge in [0.25, 0.3) is 15.9 Å². The largest absolute Gasteiger partial charge is 0.344 e. The summed E-state index contributed by atoms with van der Waals surface area (Å²) in [5.41, 5.74) is 1.87. The average molecular weight is 419 g/mol. The minimum atomic E-state index is -3.64. The number of amidine groups is 1. The first-order valence-electron chi connectivity index (χ1n) is 9.45. The number of benzene rings is 1. The predicted molar refractivity (Wildman–Crippen MR) is 102 cm³/mol. The van der Waals surface area contributed by atoms with E-state index < -0.39 is 33.4 Å². The van der Waals surface area contributed by atoms with Crippen molar-refractivity contribution in [3.8, 4) is 0 Å². The molecule has 3 aliphatic rings. The number of aliphatic imine (C=N–C) groups is 1. The molecule has 2 aliphatic heterocycles. The first-order valence-corrected chi connectivity index (χ1v) is 10.9. The summed E-state index contributed by atoms with van der Waals surface area (Å²) in [4.78, 5) is 41.3. The fraction of sp³-hybridized carbons (Fsp3) is 0.444. The molecule has 3 N–H and O–H groups in total. The van der Waals surface area contributed by atoms with Gasteiger partial charge in [0, 0.05) is 12.0 Å². The number of hydrogen-bond acceptors (Lipinski definition) is 6. The summed E-state index contributed by atoms with van der Waals surface area (Å²) >= 11 is 0. The monoisotopic (exact) mass is 419 g/mol. The molecule has 10 nitrogen and oxygen atoms in total. The standard InChI is InChI=1S/C18H21N5O5S/c24-14(21-23-16(25)18(20-17(23)26)9-4-1-5-10-18)8-11-19-15-12-6-2-3-7-13(12)29(27,28)22-15/h2-3,6-7H,1,4-5,8-11H2,(H,19,22)(H,20,26)(H,21,24). The predicted octanol–water partition coefficient (Wildman–Crippen LogP) is 0.401. The molecule has 2 fully saturated rings. The lowest BCUT2D eigenvalue weighted by Gasteiger charge is -2.30. The van der Waals surface area contributed by atoms with Crippen molar-refractivity contribution >= 4 is 33.7 Å². The van der Waals surface area contributed by atoms with Crippen molar-refractivity contribution < 1.29 is 22.8 Å². The summed E-state index contributed by atoms with van der Waals surface area (Å²) < 4.78 is 26.5. The van der Waals surface area contributed by atoms with Gasteiger partial charge in [0.2, 0.25) is 5.91 Å². The maximum Gasteiger partial charge on any atom is 0.344 e. The van der Waals surface area contributed by atoms with Crippen LogP contribution in [-0.4, -0.2) is 49.2 Å². The van der Waals surface area contributed by atoms with Gasteiger partial charge in [-0.2, -0.15) is 5.01 Å². The van der Waals surface area contributed by atoms with E-state index in [9.17, 15) is 22.8 Å². The van der Waals surface area contributed by atoms with Crippen molar-refractivity contribution in [1.82, 2.24) is 20.5 Å². The molecule has 29 heavy (non-hydrogen) atoms. The molecule has 0 unspecified atom stereocenters. The number of hydrazine groups is 1. The Morgan fingerprint density at radius 3 is 2.66 bits per heavy atom. The van der Waals surface area contributed by atoms with Gasteiger partial charge >= 0.3 is 6.03 Å². The van der Waals surface area contributed by atoms with Gasteiger partial charge in [-0.25, -0.2) is 13.2 Å². The highest BCUT2D eigenvalue weighted by Crippen LogP contribution is 2.33. The Morgan fingerprint density at radius 1 is 1.17 bits per heavy atom. The maximum atomic E-state index is 12.6. The summed E-state index contributed by atoms with van der Waals surface area (Å²) in [6.45, 7) is -0.00713. The molecule has 0 radical (unpaired) electrons. The SMILES string of the molecule is O=C(CCN=C1NS(=O)(=O)c2ccccc21)NN1C(=O)NC2(CCCCC2)C1=O. The molecule has 4 amide bonds. The summed E-state index contributed by atoms with van der Waals surface area (Å²) in [7, 11) is -3.64. The van der Waals surface area contributed by atoms with Gasteiger partial charge in [0.05, 0.1) is 11.4 Å². The molecule has 1 aromatic rings. The highest BCUT2D eigenvalue weighted by atomic mass is 32.2. The minimum absolute atomic E-state index is 0.00713. The van der Waals surface area contributed by atoms with Gasteiger partial charge in [0.15, 0.2) is 0 Å². The van der Waals surface area contributed by atoms with Crippen molar-refractivity contribution in [2.24, 2.45) is 4.99 Å². The van der Waals surface area contributed by atoms with E-state index in [1.807, 2.05) is 0 Å². The number of imide groups is 1. The lowest BCUT2D eigenvalue weighted by molar-refractivity contribution is -0.139. The molecule has 1 aromatic carbocycles. The quantitative estimate of drug-likeness (QED) is 0.607. The molecular formula is C18H21N5O5S. The zero-order chi connectivity index (χ0) is 20.6. The topological polar surface area (TPSA) is 137 Å². The van der Waals surface area contributed by atoms with Crippen LogP contribution >= 0.6 is 0 Å². The number of carbonyl (C=O) groups excluding carboxylic acids is 3. The minimum Gasteiger partial charge on any atom is -0.322 e. The average Bonchev–Trinajstić information content (AvgIpc) is 3.08. The molecule has 1 aliphatic carbocycles. The Bertz CT molecular complexity index is 1010. The van der Waals surface area contributed by atoms with Gasteiger partial charge in [-0.05, 0) is 25.0 Å². The lowest BCUT2D eigenvalue weighted by Crippen LogP contribution is -2.51. The Hall–Kier alpha value is -2.95. The molecule has 1 spiro atoms. The fourth-order valence-electron chi connectivity index (χ4n) is 3.92. The van der Waals surface area contributed by atoms with Gasteiger partial charge < -0.3 is 5.32 Å². The number of nitrogens with one attached hydrogen (secondary N) is 3. The second-order valence-electron chi connectivity index (χ2n) is 7.33.